The summed E-state index contributed by atoms with van der Waals surface area (Å²) in [4.78, 5) is 12.8. The molecule has 3 heterocycles. The van der Waals surface area contributed by atoms with Gasteiger partial charge in [-0.25, -0.2) is 9.98 Å². The van der Waals surface area contributed by atoms with Crippen molar-refractivity contribution in [3.63, 3.8) is 0 Å². The number of fused-ring (bicyclic) bond motifs is 1. The van der Waals surface area contributed by atoms with E-state index in [9.17, 15) is 15.3 Å². The summed E-state index contributed by atoms with van der Waals surface area (Å²) in [7, 11) is 0. The first kappa shape index (κ1) is 16.7. The Morgan fingerprint density at radius 3 is 2.68 bits per heavy atom. The Balaban J connectivity index is 2.06. The van der Waals surface area contributed by atoms with E-state index in [-0.39, 0.29) is 29.3 Å². The van der Waals surface area contributed by atoms with Crippen LogP contribution in [0.15, 0.2) is 30.4 Å². The van der Waals surface area contributed by atoms with E-state index in [1.807, 2.05) is 0 Å². The predicted octanol–water partition coefficient (Wildman–Crippen LogP) is -2.63. The highest BCUT2D eigenvalue weighted by atomic mass is 16.6. The molecular weight excluding hydrogens is 338 g/mol. The van der Waals surface area contributed by atoms with Gasteiger partial charge < -0.3 is 36.4 Å². The van der Waals surface area contributed by atoms with E-state index in [4.69, 9.17) is 21.4 Å². The number of ether oxygens (including phenoxy) is 1. The summed E-state index contributed by atoms with van der Waals surface area (Å²) in [6, 6.07) is 0. The van der Waals surface area contributed by atoms with Gasteiger partial charge in [-0.05, 0) is 0 Å². The quantitative estimate of drug-likeness (QED) is 0.240. The minimum atomic E-state index is -1.48. The largest absolute Gasteiger partial charge is 0.394 e. The molecule has 3 rings (SSSR count). The molecule has 3 aliphatic heterocycles. The molecule has 0 saturated carbocycles. The molecule has 0 aliphatic carbocycles. The van der Waals surface area contributed by atoms with Gasteiger partial charge in [-0.15, -0.1) is 0 Å². The number of hydrogen-bond donors (Lipinski definition) is 4. The van der Waals surface area contributed by atoms with Crippen molar-refractivity contribution in [2.45, 2.75) is 24.5 Å². The fourth-order valence-corrected chi connectivity index (χ4v) is 2.49. The molecule has 0 bridgehead atoms. The zero-order valence-electron chi connectivity index (χ0n) is 12.3. The maximum absolute atomic E-state index is 10.2. The van der Waals surface area contributed by atoms with Crippen molar-refractivity contribution in [3.8, 4) is 0 Å². The second-order valence-electron chi connectivity index (χ2n) is 4.97. The number of aliphatic hydroxyl groups is 3. The van der Waals surface area contributed by atoms with E-state index in [1.165, 1.54) is 0 Å². The zero-order valence-corrected chi connectivity index (χ0v) is 12.3. The van der Waals surface area contributed by atoms with E-state index in [0.717, 1.165) is 4.90 Å². The van der Waals surface area contributed by atoms with Crippen molar-refractivity contribution in [3.05, 3.63) is 10.6 Å². The molecule has 15 heteroatoms. The van der Waals surface area contributed by atoms with Crippen LogP contribution >= 0.6 is 0 Å². The summed E-state index contributed by atoms with van der Waals surface area (Å²) in [5, 5.41) is 49.9. The fourth-order valence-electron chi connectivity index (χ4n) is 2.49. The Hall–Kier alpha value is -3.19. The lowest BCUT2D eigenvalue weighted by molar-refractivity contribution is -0.0519. The fraction of sp³-hybridized carbons (Fsp3) is 0.500. The third-order valence-corrected chi connectivity index (χ3v) is 3.58. The van der Waals surface area contributed by atoms with Crippen molar-refractivity contribution in [2.24, 2.45) is 36.1 Å². The third kappa shape index (κ3) is 2.64. The smallest absolute Gasteiger partial charge is 0.343 e. The summed E-state index contributed by atoms with van der Waals surface area (Å²) in [6.45, 7) is -0.556. The SMILES string of the molecule is N#[N+]N=C1N=C2C(N)=NC(=NN=[N-])N=C2N1[C@@H]1O[C@H](CO)[C@@H](O)[C@H]1O. The molecule has 5 N–H and O–H groups in total. The molecule has 15 nitrogen and oxygen atoms in total. The second-order valence-corrected chi connectivity index (χ2v) is 4.97. The van der Waals surface area contributed by atoms with E-state index < -0.39 is 31.1 Å². The minimum absolute atomic E-state index is 0.0111. The van der Waals surface area contributed by atoms with Crippen LogP contribution in [-0.4, -0.2) is 80.7 Å². The first-order chi connectivity index (χ1) is 12.0. The van der Waals surface area contributed by atoms with Crippen LogP contribution in [0.2, 0.25) is 0 Å². The Kier molecular flexibility index (Phi) is 4.24. The van der Waals surface area contributed by atoms with Crippen LogP contribution in [0.5, 0.6) is 0 Å². The van der Waals surface area contributed by atoms with Gasteiger partial charge >= 0.3 is 11.0 Å². The van der Waals surface area contributed by atoms with E-state index in [0.29, 0.717) is 0 Å². The van der Waals surface area contributed by atoms with E-state index in [1.54, 1.807) is 0 Å². The van der Waals surface area contributed by atoms with E-state index >= 15 is 0 Å². The molecule has 0 aromatic rings. The van der Waals surface area contributed by atoms with Gasteiger partial charge in [0.15, 0.2) is 29.6 Å². The number of aliphatic hydroxyl groups excluding tert-OH is 3. The molecule has 4 atom stereocenters. The Morgan fingerprint density at radius 2 is 2.08 bits per heavy atom. The Morgan fingerprint density at radius 1 is 1.32 bits per heavy atom. The molecule has 0 radical (unpaired) electrons. The Labute approximate surface area is 138 Å². The molecule has 3 aliphatic rings. The van der Waals surface area contributed by atoms with Gasteiger partial charge in [0, 0.05) is 0 Å². The number of diazo groups is 1. The standard InChI is InChI=1S/C10H11N11O4/c11-6-3-7(16-9(15-6)17-19-12)21(10(14-3)18-20-13)8-5(24)4(23)2(1-22)25-8/h2,4-5,8,22-24H,1H2,(H2-,11,12,15,17)/t2-,4-,5-,8-/m1/s1. The average Bonchev–Trinajstić information content (AvgIpc) is 3.07. The number of guanidine groups is 2. The number of nitrogens with two attached hydrogens (primary N) is 1. The summed E-state index contributed by atoms with van der Waals surface area (Å²) in [5.41, 5.74) is 14.3. The highest BCUT2D eigenvalue weighted by molar-refractivity contribution is 6.73. The van der Waals surface area contributed by atoms with Crippen molar-refractivity contribution in [1.82, 2.24) is 4.90 Å². The van der Waals surface area contributed by atoms with Crippen molar-refractivity contribution in [1.29, 1.82) is 5.39 Å². The second kappa shape index (κ2) is 6.37. The maximum Gasteiger partial charge on any atom is 0.343 e. The topological polar surface area (TPSA) is 224 Å². The monoisotopic (exact) mass is 349 g/mol. The van der Waals surface area contributed by atoms with Gasteiger partial charge in [0.05, 0.1) is 6.61 Å². The summed E-state index contributed by atoms with van der Waals surface area (Å²) >= 11 is 0. The summed E-state index contributed by atoms with van der Waals surface area (Å²) in [5.74, 6) is -0.807. The predicted molar refractivity (Wildman–Crippen MR) is 81.8 cm³/mol. The van der Waals surface area contributed by atoms with Crippen LogP contribution < -0.4 is 5.73 Å². The normalized spacial score (nSPS) is 34.5. The molecule has 1 saturated heterocycles. The molecule has 1 fully saturated rings. The van der Waals surface area contributed by atoms with Gasteiger partial charge in [-0.3, -0.25) is 10.1 Å². The van der Waals surface area contributed by atoms with Crippen LogP contribution in [-0.2, 0) is 4.74 Å². The molecule has 0 spiro atoms. The lowest BCUT2D eigenvalue weighted by Gasteiger charge is -2.27. The van der Waals surface area contributed by atoms with Crippen molar-refractivity contribution < 1.29 is 20.1 Å². The average molecular weight is 349 g/mol. The van der Waals surface area contributed by atoms with Gasteiger partial charge in [-0.1, -0.05) is 0 Å². The number of rotatable bonds is 3. The van der Waals surface area contributed by atoms with E-state index in [2.05, 4.69) is 35.5 Å². The molecule has 0 aromatic carbocycles. The minimum Gasteiger partial charge on any atom is -0.394 e. The third-order valence-electron chi connectivity index (χ3n) is 3.58. The van der Waals surface area contributed by atoms with Gasteiger partial charge in [-0.2, -0.15) is 4.99 Å². The molecule has 0 amide bonds. The first-order valence-corrected chi connectivity index (χ1v) is 6.80. The zero-order chi connectivity index (χ0) is 18.1. The van der Waals surface area contributed by atoms with Crippen molar-refractivity contribution in [2.75, 3.05) is 6.61 Å². The van der Waals surface area contributed by atoms with Crippen LogP contribution in [0.4, 0.5) is 0 Å². The summed E-state index contributed by atoms with van der Waals surface area (Å²) < 4.78 is 5.40. The highest BCUT2D eigenvalue weighted by Gasteiger charge is 2.51. The number of nitrogens with zero attached hydrogens (tertiary/aromatic N) is 10. The highest BCUT2D eigenvalue weighted by Crippen LogP contribution is 2.28. The van der Waals surface area contributed by atoms with Gasteiger partial charge in [0.2, 0.25) is 5.10 Å². The molecular formula is C10H11N11O4. The van der Waals surface area contributed by atoms with Crippen molar-refractivity contribution >= 4 is 29.3 Å². The lowest BCUT2D eigenvalue weighted by atomic mass is 10.1. The van der Waals surface area contributed by atoms with Crippen LogP contribution in [0.25, 0.3) is 10.6 Å². The molecule has 0 unspecified atom stereocenters. The van der Waals surface area contributed by atoms with Crippen LogP contribution in [0, 0.1) is 5.39 Å². The number of hydrogen-bond acceptors (Lipinski definition) is 8. The Bertz CT molecular complexity index is 793. The number of aliphatic imine (C=N–C) groups is 3. The van der Waals surface area contributed by atoms with Crippen LogP contribution in [0.1, 0.15) is 0 Å². The number of amidine groups is 2. The lowest BCUT2D eigenvalue weighted by Crippen LogP contribution is -2.51. The molecule has 25 heavy (non-hydrogen) atoms. The van der Waals surface area contributed by atoms with Crippen LogP contribution in [0.3, 0.4) is 0 Å². The molecule has 130 valence electrons. The summed E-state index contributed by atoms with van der Waals surface area (Å²) in [6.07, 6.45) is -5.25. The van der Waals surface area contributed by atoms with Gasteiger partial charge in [0.1, 0.15) is 18.3 Å². The van der Waals surface area contributed by atoms with Gasteiger partial charge in [0.25, 0.3) is 5.39 Å². The molecule has 0 aromatic heterocycles. The first-order valence-electron chi connectivity index (χ1n) is 6.80. The maximum atomic E-state index is 10.2.